The second kappa shape index (κ2) is 5.67. The van der Waals surface area contributed by atoms with Gasteiger partial charge >= 0.3 is 0 Å². The van der Waals surface area contributed by atoms with E-state index in [1.165, 1.54) is 29.2 Å². The number of benzene rings is 1. The van der Waals surface area contributed by atoms with Gasteiger partial charge in [-0.2, -0.15) is 0 Å². The highest BCUT2D eigenvalue weighted by atomic mass is 79.9. The fourth-order valence-corrected chi connectivity index (χ4v) is 3.99. The molecule has 0 unspecified atom stereocenters. The van der Waals surface area contributed by atoms with Gasteiger partial charge in [-0.15, -0.1) is 11.3 Å². The molecule has 0 aliphatic heterocycles. The average Bonchev–Trinajstić information content (AvgIpc) is 2.89. The van der Waals surface area contributed by atoms with Crippen molar-refractivity contribution in [3.8, 4) is 0 Å². The number of rotatable bonds is 3. The highest BCUT2D eigenvalue weighted by molar-refractivity contribution is 9.10. The molecule has 3 rings (SSSR count). The van der Waals surface area contributed by atoms with Crippen molar-refractivity contribution in [1.82, 2.24) is 9.97 Å². The minimum Gasteiger partial charge on any atom is -0.383 e. The quantitative estimate of drug-likeness (QED) is 0.546. The van der Waals surface area contributed by atoms with E-state index in [9.17, 15) is 4.39 Å². The molecule has 0 amide bonds. The number of nitrogens with zero attached hydrogens (tertiary/aromatic N) is 2. The molecule has 102 valence electrons. The molecule has 3 aromatic rings. The van der Waals surface area contributed by atoms with Gasteiger partial charge < -0.3 is 5.73 Å². The van der Waals surface area contributed by atoms with Crippen molar-refractivity contribution in [2.45, 2.75) is 10.9 Å². The van der Waals surface area contributed by atoms with Crippen LogP contribution in [-0.2, 0) is 5.75 Å². The Morgan fingerprint density at radius 1 is 1.30 bits per heavy atom. The molecule has 20 heavy (non-hydrogen) atoms. The Balaban J connectivity index is 1.84. The van der Waals surface area contributed by atoms with E-state index < -0.39 is 0 Å². The van der Waals surface area contributed by atoms with Gasteiger partial charge in [-0.1, -0.05) is 23.9 Å². The minimum atomic E-state index is -0.266. The van der Waals surface area contributed by atoms with Crippen LogP contribution in [0.25, 0.3) is 10.2 Å². The maximum atomic E-state index is 13.4. The molecule has 0 aliphatic rings. The van der Waals surface area contributed by atoms with Crippen molar-refractivity contribution in [2.24, 2.45) is 0 Å². The number of fused-ring (bicyclic) bond motifs is 1. The molecule has 0 aliphatic carbocycles. The summed E-state index contributed by atoms with van der Waals surface area (Å²) < 4.78 is 13.9. The second-order valence-corrected chi connectivity index (χ2v) is 6.66. The zero-order chi connectivity index (χ0) is 14.1. The summed E-state index contributed by atoms with van der Waals surface area (Å²) in [4.78, 5) is 9.59. The topological polar surface area (TPSA) is 51.8 Å². The maximum absolute atomic E-state index is 13.4. The fraction of sp³-hybridized carbons (Fsp3) is 0.0769. The van der Waals surface area contributed by atoms with Gasteiger partial charge in [0.1, 0.15) is 16.5 Å². The molecule has 2 N–H and O–H groups in total. The number of nitrogens with two attached hydrogens (primary N) is 1. The van der Waals surface area contributed by atoms with Crippen molar-refractivity contribution < 1.29 is 4.39 Å². The lowest BCUT2D eigenvalue weighted by Crippen LogP contribution is -1.95. The van der Waals surface area contributed by atoms with E-state index in [2.05, 4.69) is 25.9 Å². The number of halogens is 2. The molecule has 0 radical (unpaired) electrons. The molecule has 7 heteroatoms. The van der Waals surface area contributed by atoms with Crippen molar-refractivity contribution >= 4 is 55.1 Å². The summed E-state index contributed by atoms with van der Waals surface area (Å²) in [6, 6.07) is 6.89. The van der Waals surface area contributed by atoms with E-state index >= 15 is 0 Å². The van der Waals surface area contributed by atoms with Gasteiger partial charge in [0.2, 0.25) is 0 Å². The molecular formula is C13H9BrFN3S2. The smallest absolute Gasteiger partial charge is 0.191 e. The molecule has 0 saturated heterocycles. The van der Waals surface area contributed by atoms with Crippen LogP contribution in [0.1, 0.15) is 5.56 Å². The number of anilines is 1. The maximum Gasteiger partial charge on any atom is 0.191 e. The van der Waals surface area contributed by atoms with E-state index in [0.717, 1.165) is 15.8 Å². The monoisotopic (exact) mass is 369 g/mol. The number of aromatic nitrogens is 2. The summed E-state index contributed by atoms with van der Waals surface area (Å²) in [5, 5.41) is 3.42. The lowest BCUT2D eigenvalue weighted by atomic mass is 10.2. The SMILES string of the molecule is Nc1nc(SCc2cccc(F)c2Br)nc2sccc12. The Kier molecular flexibility index (Phi) is 3.91. The molecule has 0 saturated carbocycles. The number of thiophene rings is 1. The van der Waals surface area contributed by atoms with E-state index in [1.54, 1.807) is 6.07 Å². The summed E-state index contributed by atoms with van der Waals surface area (Å²) in [6.07, 6.45) is 0. The fourth-order valence-electron chi connectivity index (χ4n) is 1.72. The van der Waals surface area contributed by atoms with Gasteiger partial charge in [0, 0.05) is 5.75 Å². The van der Waals surface area contributed by atoms with Crippen LogP contribution >= 0.6 is 39.0 Å². The van der Waals surface area contributed by atoms with E-state index in [1.807, 2.05) is 17.5 Å². The Morgan fingerprint density at radius 3 is 3.00 bits per heavy atom. The van der Waals surface area contributed by atoms with Crippen molar-refractivity contribution in [3.63, 3.8) is 0 Å². The van der Waals surface area contributed by atoms with E-state index in [4.69, 9.17) is 5.73 Å². The zero-order valence-electron chi connectivity index (χ0n) is 10.1. The molecular weight excluding hydrogens is 361 g/mol. The Hall–Kier alpha value is -1.18. The first-order chi connectivity index (χ1) is 9.65. The molecule has 0 bridgehead atoms. The molecule has 1 aromatic carbocycles. The first-order valence-corrected chi connectivity index (χ1v) is 8.37. The van der Waals surface area contributed by atoms with Crippen LogP contribution in [0.4, 0.5) is 10.2 Å². The summed E-state index contributed by atoms with van der Waals surface area (Å²) in [6.45, 7) is 0. The minimum absolute atomic E-state index is 0.266. The van der Waals surface area contributed by atoms with E-state index in [0.29, 0.717) is 21.2 Å². The number of nitrogen functional groups attached to an aromatic ring is 1. The zero-order valence-corrected chi connectivity index (χ0v) is 13.4. The summed E-state index contributed by atoms with van der Waals surface area (Å²) in [5.74, 6) is 0.795. The van der Waals surface area contributed by atoms with Gasteiger partial charge in [-0.25, -0.2) is 14.4 Å². The molecule has 3 nitrogen and oxygen atoms in total. The standard InChI is InChI=1S/C13H9BrFN3S2/c14-10-7(2-1-3-9(10)15)6-20-13-17-11(16)8-4-5-19-12(8)18-13/h1-5H,6H2,(H2,16,17,18). The van der Waals surface area contributed by atoms with Crippen molar-refractivity contribution in [1.29, 1.82) is 0 Å². The number of hydrogen-bond donors (Lipinski definition) is 1. The van der Waals surface area contributed by atoms with Crippen LogP contribution in [0, 0.1) is 5.82 Å². The van der Waals surface area contributed by atoms with Gasteiger partial charge in [-0.05, 0) is 39.0 Å². The molecule has 0 spiro atoms. The second-order valence-electron chi connectivity index (χ2n) is 4.03. The normalized spacial score (nSPS) is 11.1. The molecule has 2 aromatic heterocycles. The van der Waals surface area contributed by atoms with Crippen LogP contribution in [0.3, 0.4) is 0 Å². The number of hydrogen-bond acceptors (Lipinski definition) is 5. The van der Waals surface area contributed by atoms with Crippen molar-refractivity contribution in [2.75, 3.05) is 5.73 Å². The third kappa shape index (κ3) is 2.65. The Bertz CT molecular complexity index is 775. The lowest BCUT2D eigenvalue weighted by Gasteiger charge is -2.05. The van der Waals surface area contributed by atoms with Crippen LogP contribution in [0.15, 0.2) is 39.3 Å². The van der Waals surface area contributed by atoms with Crippen LogP contribution < -0.4 is 5.73 Å². The first kappa shape index (κ1) is 13.8. The van der Waals surface area contributed by atoms with E-state index in [-0.39, 0.29) is 5.82 Å². The summed E-state index contributed by atoms with van der Waals surface area (Å²) >= 11 is 6.22. The van der Waals surface area contributed by atoms with Gasteiger partial charge in [0.15, 0.2) is 5.16 Å². The number of thioether (sulfide) groups is 1. The molecule has 0 fully saturated rings. The van der Waals surface area contributed by atoms with Crippen LogP contribution in [0.5, 0.6) is 0 Å². The summed E-state index contributed by atoms with van der Waals surface area (Å²) in [7, 11) is 0. The van der Waals surface area contributed by atoms with Crippen LogP contribution in [-0.4, -0.2) is 9.97 Å². The van der Waals surface area contributed by atoms with Crippen molar-refractivity contribution in [3.05, 3.63) is 45.5 Å². The van der Waals surface area contributed by atoms with Crippen LogP contribution in [0.2, 0.25) is 0 Å². The highest BCUT2D eigenvalue weighted by Crippen LogP contribution is 2.30. The molecule has 0 atom stereocenters. The Morgan fingerprint density at radius 2 is 2.15 bits per heavy atom. The lowest BCUT2D eigenvalue weighted by molar-refractivity contribution is 0.619. The molecule has 2 heterocycles. The predicted molar refractivity (Wildman–Crippen MR) is 85.5 cm³/mol. The highest BCUT2D eigenvalue weighted by Gasteiger charge is 2.09. The summed E-state index contributed by atoms with van der Waals surface area (Å²) in [5.41, 5.74) is 6.76. The largest absolute Gasteiger partial charge is 0.383 e. The third-order valence-corrected chi connectivity index (χ3v) is 5.31. The predicted octanol–water partition coefficient (Wildman–Crippen LogP) is 4.47. The first-order valence-electron chi connectivity index (χ1n) is 5.71. The Labute approximate surface area is 131 Å². The van der Waals surface area contributed by atoms with Gasteiger partial charge in [-0.3, -0.25) is 0 Å². The van der Waals surface area contributed by atoms with Gasteiger partial charge in [0.05, 0.1) is 9.86 Å². The average molecular weight is 370 g/mol. The third-order valence-electron chi connectivity index (χ3n) is 2.72. The van der Waals surface area contributed by atoms with Gasteiger partial charge in [0.25, 0.3) is 0 Å².